The first kappa shape index (κ1) is 13.4. The molecule has 0 bridgehead atoms. The first-order valence-corrected chi connectivity index (χ1v) is 5.13. The van der Waals surface area contributed by atoms with Crippen LogP contribution >= 0.6 is 0 Å². The highest BCUT2D eigenvalue weighted by molar-refractivity contribution is 5.76. The topological polar surface area (TPSA) is 58.6 Å². The Morgan fingerprint density at radius 1 is 1.50 bits per heavy atom. The highest BCUT2D eigenvalue weighted by atomic mass is 16.5. The number of methoxy groups -OCH3 is 1. The average Bonchev–Trinajstić information content (AvgIpc) is 2.17. The summed E-state index contributed by atoms with van der Waals surface area (Å²) in [5.74, 6) is 0.0438. The van der Waals surface area contributed by atoms with Gasteiger partial charge in [-0.05, 0) is 19.3 Å². The van der Waals surface area contributed by atoms with Crippen molar-refractivity contribution in [3.63, 3.8) is 0 Å². The summed E-state index contributed by atoms with van der Waals surface area (Å²) < 4.78 is 4.97. The van der Waals surface area contributed by atoms with Gasteiger partial charge in [0.15, 0.2) is 0 Å². The highest BCUT2D eigenvalue weighted by Crippen LogP contribution is 1.97. The molecule has 0 radical (unpaired) electrons. The van der Waals surface area contributed by atoms with Gasteiger partial charge in [0.2, 0.25) is 5.91 Å². The minimum absolute atomic E-state index is 0.0438. The van der Waals surface area contributed by atoms with E-state index in [1.54, 1.807) is 7.11 Å². The zero-order chi connectivity index (χ0) is 10.8. The number of carbonyl (C=O) groups is 1. The third-order valence-electron chi connectivity index (χ3n) is 2.04. The number of aliphatic hydroxyl groups is 1. The lowest BCUT2D eigenvalue weighted by Gasteiger charge is -2.15. The van der Waals surface area contributed by atoms with E-state index in [4.69, 9.17) is 9.84 Å². The van der Waals surface area contributed by atoms with Crippen LogP contribution in [0.25, 0.3) is 0 Å². The fraction of sp³-hybridized carbons (Fsp3) is 0.900. The molecule has 0 spiro atoms. The highest BCUT2D eigenvalue weighted by Gasteiger charge is 2.08. The van der Waals surface area contributed by atoms with E-state index in [1.807, 2.05) is 6.92 Å². The second kappa shape index (κ2) is 8.97. The second-order valence-electron chi connectivity index (χ2n) is 3.31. The molecule has 0 saturated carbocycles. The van der Waals surface area contributed by atoms with Gasteiger partial charge in [-0.3, -0.25) is 4.79 Å². The van der Waals surface area contributed by atoms with Crippen LogP contribution in [0.5, 0.6) is 0 Å². The van der Waals surface area contributed by atoms with E-state index < -0.39 is 0 Å². The Labute approximate surface area is 85.6 Å². The van der Waals surface area contributed by atoms with Crippen LogP contribution in [0.2, 0.25) is 0 Å². The number of ether oxygens (including phenoxy) is 1. The molecule has 84 valence electrons. The zero-order valence-corrected chi connectivity index (χ0v) is 9.08. The summed E-state index contributed by atoms with van der Waals surface area (Å²) in [4.78, 5) is 11.3. The number of aliphatic hydroxyl groups excluding tert-OH is 1. The Kier molecular flexibility index (Phi) is 8.57. The molecule has 1 amide bonds. The Morgan fingerprint density at radius 2 is 2.21 bits per heavy atom. The SMILES string of the molecule is CCC(COC)NC(=O)CCCCO. The molecule has 0 saturated heterocycles. The molecule has 0 rings (SSSR count). The predicted molar refractivity (Wildman–Crippen MR) is 55.0 cm³/mol. The molecule has 0 aromatic rings. The Hall–Kier alpha value is -0.610. The lowest BCUT2D eigenvalue weighted by Crippen LogP contribution is -2.37. The van der Waals surface area contributed by atoms with Crippen LogP contribution in [-0.4, -0.2) is 37.4 Å². The summed E-state index contributed by atoms with van der Waals surface area (Å²) in [5, 5.41) is 11.4. The van der Waals surface area contributed by atoms with Gasteiger partial charge < -0.3 is 15.2 Å². The van der Waals surface area contributed by atoms with E-state index in [-0.39, 0.29) is 18.6 Å². The lowest BCUT2D eigenvalue weighted by atomic mass is 10.2. The van der Waals surface area contributed by atoms with Crippen molar-refractivity contribution in [2.24, 2.45) is 0 Å². The van der Waals surface area contributed by atoms with Crippen molar-refractivity contribution in [1.82, 2.24) is 5.32 Å². The number of hydrogen-bond donors (Lipinski definition) is 2. The number of amides is 1. The van der Waals surface area contributed by atoms with Gasteiger partial charge in [0.25, 0.3) is 0 Å². The maximum atomic E-state index is 11.3. The van der Waals surface area contributed by atoms with Crippen molar-refractivity contribution in [3.8, 4) is 0 Å². The molecular weight excluding hydrogens is 182 g/mol. The van der Waals surface area contributed by atoms with Gasteiger partial charge in [-0.2, -0.15) is 0 Å². The normalized spacial score (nSPS) is 12.5. The largest absolute Gasteiger partial charge is 0.396 e. The van der Waals surface area contributed by atoms with Crippen LogP contribution in [0.15, 0.2) is 0 Å². The maximum Gasteiger partial charge on any atom is 0.220 e. The number of hydrogen-bond acceptors (Lipinski definition) is 3. The van der Waals surface area contributed by atoms with Gasteiger partial charge >= 0.3 is 0 Å². The second-order valence-corrected chi connectivity index (χ2v) is 3.31. The van der Waals surface area contributed by atoms with Gasteiger partial charge in [0, 0.05) is 20.1 Å². The average molecular weight is 203 g/mol. The van der Waals surface area contributed by atoms with E-state index in [9.17, 15) is 4.79 Å². The molecule has 0 aliphatic rings. The minimum Gasteiger partial charge on any atom is -0.396 e. The fourth-order valence-electron chi connectivity index (χ4n) is 1.16. The van der Waals surface area contributed by atoms with Crippen molar-refractivity contribution in [2.75, 3.05) is 20.3 Å². The molecule has 4 heteroatoms. The Balaban J connectivity index is 3.56. The zero-order valence-electron chi connectivity index (χ0n) is 9.08. The van der Waals surface area contributed by atoms with Gasteiger partial charge in [0.05, 0.1) is 12.6 Å². The summed E-state index contributed by atoms with van der Waals surface area (Å²) >= 11 is 0. The predicted octanol–water partition coefficient (Wildman–Crippen LogP) is 0.690. The Bertz CT molecular complexity index is 150. The van der Waals surface area contributed by atoms with Crippen LogP contribution in [0.4, 0.5) is 0 Å². The number of nitrogens with one attached hydrogen (secondary N) is 1. The standard InChI is InChI=1S/C10H21NO3/c1-3-9(8-14-2)11-10(13)6-4-5-7-12/h9,12H,3-8H2,1-2H3,(H,11,13). The van der Waals surface area contributed by atoms with Crippen molar-refractivity contribution in [1.29, 1.82) is 0 Å². The van der Waals surface area contributed by atoms with Gasteiger partial charge in [-0.25, -0.2) is 0 Å². The molecule has 2 N–H and O–H groups in total. The fourth-order valence-corrected chi connectivity index (χ4v) is 1.16. The van der Waals surface area contributed by atoms with Gasteiger partial charge in [-0.15, -0.1) is 0 Å². The summed E-state index contributed by atoms with van der Waals surface area (Å²) in [5.41, 5.74) is 0. The first-order valence-electron chi connectivity index (χ1n) is 5.13. The van der Waals surface area contributed by atoms with Crippen LogP contribution in [0.1, 0.15) is 32.6 Å². The van der Waals surface area contributed by atoms with E-state index in [2.05, 4.69) is 5.32 Å². The van der Waals surface area contributed by atoms with Crippen LogP contribution in [0, 0.1) is 0 Å². The lowest BCUT2D eigenvalue weighted by molar-refractivity contribution is -0.122. The summed E-state index contributed by atoms with van der Waals surface area (Å²) in [6.45, 7) is 2.72. The smallest absolute Gasteiger partial charge is 0.220 e. The van der Waals surface area contributed by atoms with Crippen LogP contribution < -0.4 is 5.32 Å². The van der Waals surface area contributed by atoms with Crippen molar-refractivity contribution in [3.05, 3.63) is 0 Å². The summed E-state index contributed by atoms with van der Waals surface area (Å²) in [7, 11) is 1.63. The summed E-state index contributed by atoms with van der Waals surface area (Å²) in [6, 6.07) is 0.113. The summed E-state index contributed by atoms with van der Waals surface area (Å²) in [6.07, 6.45) is 2.79. The number of rotatable bonds is 8. The molecule has 1 unspecified atom stereocenters. The van der Waals surface area contributed by atoms with Gasteiger partial charge in [0.1, 0.15) is 0 Å². The number of carbonyl (C=O) groups excluding carboxylic acids is 1. The molecule has 14 heavy (non-hydrogen) atoms. The molecule has 0 fully saturated rings. The van der Waals surface area contributed by atoms with Crippen LogP contribution in [-0.2, 0) is 9.53 Å². The van der Waals surface area contributed by atoms with E-state index >= 15 is 0 Å². The van der Waals surface area contributed by atoms with E-state index in [1.165, 1.54) is 0 Å². The Morgan fingerprint density at radius 3 is 2.71 bits per heavy atom. The van der Waals surface area contributed by atoms with Crippen molar-refractivity contribution < 1.29 is 14.6 Å². The van der Waals surface area contributed by atoms with Crippen LogP contribution in [0.3, 0.4) is 0 Å². The molecule has 0 aromatic carbocycles. The van der Waals surface area contributed by atoms with E-state index in [0.29, 0.717) is 19.4 Å². The quantitative estimate of drug-likeness (QED) is 0.571. The molecule has 0 aromatic heterocycles. The van der Waals surface area contributed by atoms with Crippen molar-refractivity contribution >= 4 is 5.91 Å². The molecule has 0 heterocycles. The monoisotopic (exact) mass is 203 g/mol. The number of unbranched alkanes of at least 4 members (excludes halogenated alkanes) is 1. The minimum atomic E-state index is 0.0438. The van der Waals surface area contributed by atoms with Crippen molar-refractivity contribution in [2.45, 2.75) is 38.6 Å². The third-order valence-corrected chi connectivity index (χ3v) is 2.04. The third kappa shape index (κ3) is 6.86. The van der Waals surface area contributed by atoms with E-state index in [0.717, 1.165) is 12.8 Å². The molecule has 0 aliphatic carbocycles. The molecule has 0 aliphatic heterocycles. The molecule has 4 nitrogen and oxygen atoms in total. The molecule has 1 atom stereocenters. The molecular formula is C10H21NO3. The first-order chi connectivity index (χ1) is 6.74. The van der Waals surface area contributed by atoms with Gasteiger partial charge in [-0.1, -0.05) is 6.92 Å². The maximum absolute atomic E-state index is 11.3.